The van der Waals surface area contributed by atoms with E-state index in [1.807, 2.05) is 12.1 Å². The normalized spacial score (nSPS) is 15.9. The Labute approximate surface area is 166 Å². The van der Waals surface area contributed by atoms with Crippen LogP contribution in [0.4, 0.5) is 4.39 Å². The Hall–Kier alpha value is -2.31. The number of benzene rings is 1. The summed E-state index contributed by atoms with van der Waals surface area (Å²) in [6, 6.07) is 9.67. The maximum Gasteiger partial charge on any atom is 0.241 e. The van der Waals surface area contributed by atoms with Crippen molar-refractivity contribution >= 4 is 5.91 Å². The SMILES string of the molecule is O=C(NCCc1ccncc1)C(NCCC1CCNCC1)c1ccccc1F. The molecule has 1 aromatic carbocycles. The summed E-state index contributed by atoms with van der Waals surface area (Å²) >= 11 is 0. The first-order chi connectivity index (χ1) is 13.7. The molecule has 0 bridgehead atoms. The van der Waals surface area contributed by atoms with Crippen LogP contribution in [-0.2, 0) is 11.2 Å². The van der Waals surface area contributed by atoms with Crippen molar-refractivity contribution in [1.82, 2.24) is 20.9 Å². The molecule has 1 aromatic heterocycles. The van der Waals surface area contributed by atoms with E-state index in [9.17, 15) is 9.18 Å². The van der Waals surface area contributed by atoms with Gasteiger partial charge in [0.15, 0.2) is 0 Å². The molecule has 0 spiro atoms. The molecular weight excluding hydrogens is 355 g/mol. The Bertz CT molecular complexity index is 734. The minimum absolute atomic E-state index is 0.190. The average Bonchev–Trinajstić information content (AvgIpc) is 2.73. The summed E-state index contributed by atoms with van der Waals surface area (Å²) < 4.78 is 14.3. The van der Waals surface area contributed by atoms with Crippen LogP contribution in [0.2, 0.25) is 0 Å². The maximum absolute atomic E-state index is 14.3. The molecule has 3 rings (SSSR count). The molecule has 0 aliphatic carbocycles. The lowest BCUT2D eigenvalue weighted by atomic mass is 9.94. The molecule has 1 fully saturated rings. The Kier molecular flexibility index (Phi) is 7.94. The number of nitrogens with one attached hydrogen (secondary N) is 3. The Morgan fingerprint density at radius 2 is 1.89 bits per heavy atom. The number of aromatic nitrogens is 1. The average molecular weight is 384 g/mol. The van der Waals surface area contributed by atoms with Gasteiger partial charge in [0.2, 0.25) is 5.91 Å². The molecule has 2 heterocycles. The van der Waals surface area contributed by atoms with Crippen molar-refractivity contribution in [2.24, 2.45) is 5.92 Å². The summed E-state index contributed by atoms with van der Waals surface area (Å²) in [5, 5.41) is 9.60. The van der Waals surface area contributed by atoms with Crippen LogP contribution in [0.25, 0.3) is 0 Å². The second-order valence-corrected chi connectivity index (χ2v) is 7.29. The quantitative estimate of drug-likeness (QED) is 0.622. The molecule has 150 valence electrons. The van der Waals surface area contributed by atoms with E-state index in [4.69, 9.17) is 0 Å². The molecule has 1 unspecified atom stereocenters. The van der Waals surface area contributed by atoms with E-state index in [1.54, 1.807) is 30.6 Å². The molecule has 1 amide bonds. The van der Waals surface area contributed by atoms with Crippen LogP contribution >= 0.6 is 0 Å². The van der Waals surface area contributed by atoms with Gasteiger partial charge < -0.3 is 16.0 Å². The molecule has 2 aromatic rings. The molecule has 6 heteroatoms. The summed E-state index contributed by atoms with van der Waals surface area (Å²) in [5.41, 5.74) is 1.51. The third-order valence-corrected chi connectivity index (χ3v) is 5.30. The van der Waals surface area contributed by atoms with E-state index in [1.165, 1.54) is 6.07 Å². The molecule has 5 nitrogen and oxygen atoms in total. The molecule has 0 radical (unpaired) electrons. The van der Waals surface area contributed by atoms with Crippen LogP contribution in [0.1, 0.15) is 36.4 Å². The van der Waals surface area contributed by atoms with Gasteiger partial charge in [-0.3, -0.25) is 9.78 Å². The van der Waals surface area contributed by atoms with E-state index in [0.29, 0.717) is 31.0 Å². The maximum atomic E-state index is 14.3. The summed E-state index contributed by atoms with van der Waals surface area (Å²) in [6.45, 7) is 3.30. The number of hydrogen-bond acceptors (Lipinski definition) is 4. The summed E-state index contributed by atoms with van der Waals surface area (Å²) in [4.78, 5) is 16.8. The fourth-order valence-electron chi connectivity index (χ4n) is 3.64. The van der Waals surface area contributed by atoms with Crippen LogP contribution in [0.15, 0.2) is 48.8 Å². The zero-order chi connectivity index (χ0) is 19.6. The number of nitrogens with zero attached hydrogens (tertiary/aromatic N) is 1. The molecule has 28 heavy (non-hydrogen) atoms. The third kappa shape index (κ3) is 6.11. The highest BCUT2D eigenvalue weighted by Crippen LogP contribution is 2.19. The summed E-state index contributed by atoms with van der Waals surface area (Å²) in [7, 11) is 0. The number of amides is 1. The lowest BCUT2D eigenvalue weighted by Crippen LogP contribution is -2.40. The number of carbonyl (C=O) groups excluding carboxylic acids is 1. The fraction of sp³-hybridized carbons (Fsp3) is 0.455. The minimum atomic E-state index is -0.680. The largest absolute Gasteiger partial charge is 0.354 e. The highest BCUT2D eigenvalue weighted by Gasteiger charge is 2.23. The van der Waals surface area contributed by atoms with Gasteiger partial charge >= 0.3 is 0 Å². The van der Waals surface area contributed by atoms with Crippen LogP contribution in [0.3, 0.4) is 0 Å². The lowest BCUT2D eigenvalue weighted by Gasteiger charge is -2.24. The van der Waals surface area contributed by atoms with Crippen molar-refractivity contribution in [3.63, 3.8) is 0 Å². The minimum Gasteiger partial charge on any atom is -0.354 e. The zero-order valence-electron chi connectivity index (χ0n) is 16.2. The third-order valence-electron chi connectivity index (χ3n) is 5.30. The molecule has 1 aliphatic heterocycles. The predicted molar refractivity (Wildman–Crippen MR) is 108 cm³/mol. The smallest absolute Gasteiger partial charge is 0.241 e. The first kappa shape index (κ1) is 20.4. The Morgan fingerprint density at radius 1 is 1.14 bits per heavy atom. The van der Waals surface area contributed by atoms with E-state index in [-0.39, 0.29) is 11.7 Å². The van der Waals surface area contributed by atoms with Crippen molar-refractivity contribution in [2.45, 2.75) is 31.7 Å². The molecule has 1 atom stereocenters. The molecule has 3 N–H and O–H groups in total. The van der Waals surface area contributed by atoms with Gasteiger partial charge in [-0.15, -0.1) is 0 Å². The Balaban J connectivity index is 1.56. The second kappa shape index (κ2) is 10.9. The highest BCUT2D eigenvalue weighted by atomic mass is 19.1. The van der Waals surface area contributed by atoms with Crippen LogP contribution < -0.4 is 16.0 Å². The number of hydrogen-bond donors (Lipinski definition) is 3. The second-order valence-electron chi connectivity index (χ2n) is 7.29. The number of rotatable bonds is 9. The first-order valence-corrected chi connectivity index (χ1v) is 10.1. The number of carbonyl (C=O) groups is 1. The van der Waals surface area contributed by atoms with E-state index < -0.39 is 6.04 Å². The molecule has 1 aliphatic rings. The first-order valence-electron chi connectivity index (χ1n) is 10.1. The predicted octanol–water partition coefficient (Wildman–Crippen LogP) is 2.60. The summed E-state index contributed by atoms with van der Waals surface area (Å²) in [6.07, 6.45) is 7.50. The van der Waals surface area contributed by atoms with Gasteiger partial charge in [0, 0.05) is 24.5 Å². The van der Waals surface area contributed by atoms with Gasteiger partial charge in [-0.25, -0.2) is 4.39 Å². The lowest BCUT2D eigenvalue weighted by molar-refractivity contribution is -0.123. The van der Waals surface area contributed by atoms with Crippen molar-refractivity contribution in [3.05, 3.63) is 65.7 Å². The van der Waals surface area contributed by atoms with Crippen molar-refractivity contribution in [1.29, 1.82) is 0 Å². The van der Waals surface area contributed by atoms with Gasteiger partial charge in [-0.1, -0.05) is 18.2 Å². The number of pyridine rings is 1. The van der Waals surface area contributed by atoms with Gasteiger partial charge in [-0.05, 0) is 75.0 Å². The van der Waals surface area contributed by atoms with Crippen molar-refractivity contribution in [3.8, 4) is 0 Å². The van der Waals surface area contributed by atoms with Gasteiger partial charge in [0.05, 0.1) is 0 Å². The summed E-state index contributed by atoms with van der Waals surface area (Å²) in [5.74, 6) is 0.111. The van der Waals surface area contributed by atoms with E-state index in [0.717, 1.165) is 37.9 Å². The highest BCUT2D eigenvalue weighted by molar-refractivity contribution is 5.83. The molecule has 0 saturated carbocycles. The van der Waals surface area contributed by atoms with Crippen LogP contribution in [0, 0.1) is 11.7 Å². The van der Waals surface area contributed by atoms with Gasteiger partial charge in [-0.2, -0.15) is 0 Å². The van der Waals surface area contributed by atoms with E-state index in [2.05, 4.69) is 20.9 Å². The standard InChI is InChI=1S/C22H29FN4O/c23-20-4-2-1-3-19(20)21(26-15-9-17-5-11-24-12-6-17)22(28)27-16-10-18-7-13-25-14-8-18/h1-4,7-8,13-14,17,21,24,26H,5-6,9-12,15-16H2,(H,27,28). The van der Waals surface area contributed by atoms with Gasteiger partial charge in [0.1, 0.15) is 11.9 Å². The number of halogens is 1. The van der Waals surface area contributed by atoms with Crippen molar-refractivity contribution in [2.75, 3.05) is 26.2 Å². The van der Waals surface area contributed by atoms with Gasteiger partial charge in [0.25, 0.3) is 0 Å². The molecule has 1 saturated heterocycles. The van der Waals surface area contributed by atoms with E-state index >= 15 is 0 Å². The Morgan fingerprint density at radius 3 is 2.64 bits per heavy atom. The zero-order valence-corrected chi connectivity index (χ0v) is 16.2. The fourth-order valence-corrected chi connectivity index (χ4v) is 3.64. The van der Waals surface area contributed by atoms with Crippen LogP contribution in [-0.4, -0.2) is 37.1 Å². The molecular formula is C22H29FN4O. The van der Waals surface area contributed by atoms with Crippen molar-refractivity contribution < 1.29 is 9.18 Å². The number of piperidine rings is 1. The topological polar surface area (TPSA) is 66.0 Å². The van der Waals surface area contributed by atoms with Crippen LogP contribution in [0.5, 0.6) is 0 Å². The monoisotopic (exact) mass is 384 g/mol.